The van der Waals surface area contributed by atoms with Crippen LogP contribution < -0.4 is 4.72 Å². The lowest BCUT2D eigenvalue weighted by atomic mass is 10.1. The number of piperazine rings is 1. The molecule has 1 amide bonds. The van der Waals surface area contributed by atoms with Gasteiger partial charge in [-0.1, -0.05) is 0 Å². The van der Waals surface area contributed by atoms with E-state index in [2.05, 4.69) is 25.6 Å². The molecule has 9 heteroatoms. The molecule has 7 nitrogen and oxygen atoms in total. The van der Waals surface area contributed by atoms with E-state index in [1.807, 2.05) is 0 Å². The number of ether oxygens (including phenoxy) is 1. The number of rotatable bonds is 8. The highest BCUT2D eigenvalue weighted by molar-refractivity contribution is 9.10. The van der Waals surface area contributed by atoms with Gasteiger partial charge in [-0.05, 0) is 52.9 Å². The number of halogens is 1. The van der Waals surface area contributed by atoms with Crippen LogP contribution in [0.15, 0.2) is 27.6 Å². The first-order valence-electron chi connectivity index (χ1n) is 9.20. The van der Waals surface area contributed by atoms with Gasteiger partial charge in [-0.25, -0.2) is 13.1 Å². The number of hydrogen-bond donors (Lipinski definition) is 1. The maximum Gasteiger partial charge on any atom is 0.255 e. The Hall–Kier alpha value is -1.00. The zero-order valence-corrected chi connectivity index (χ0v) is 17.9. The van der Waals surface area contributed by atoms with Crippen LogP contribution in [0.4, 0.5) is 0 Å². The second kappa shape index (κ2) is 9.00. The van der Waals surface area contributed by atoms with Gasteiger partial charge in [0.05, 0.1) is 17.1 Å². The Balaban J connectivity index is 1.67. The Morgan fingerprint density at radius 2 is 1.96 bits per heavy atom. The number of carbonyl (C=O) groups is 1. The quantitative estimate of drug-likeness (QED) is 0.596. The van der Waals surface area contributed by atoms with Crippen LogP contribution >= 0.6 is 15.9 Å². The van der Waals surface area contributed by atoms with Crippen LogP contribution in [0.5, 0.6) is 0 Å². The van der Waals surface area contributed by atoms with Crippen molar-refractivity contribution in [3.8, 4) is 0 Å². The minimum atomic E-state index is -3.68. The molecule has 1 saturated carbocycles. The summed E-state index contributed by atoms with van der Waals surface area (Å²) in [6.45, 7) is 4.68. The average Bonchev–Trinajstić information content (AvgIpc) is 3.46. The normalized spacial score (nSPS) is 18.7. The maximum absolute atomic E-state index is 12.9. The number of carbonyl (C=O) groups excluding carboxylic acids is 1. The van der Waals surface area contributed by atoms with Crippen molar-refractivity contribution in [2.75, 3.05) is 53.0 Å². The molecule has 0 unspecified atom stereocenters. The number of nitrogens with zero attached hydrogens (tertiary/aromatic N) is 2. The molecule has 0 bridgehead atoms. The van der Waals surface area contributed by atoms with Gasteiger partial charge in [-0.2, -0.15) is 0 Å². The van der Waals surface area contributed by atoms with E-state index >= 15 is 0 Å². The number of benzene rings is 1. The topological polar surface area (TPSA) is 78.9 Å². The third kappa shape index (κ3) is 5.51. The van der Waals surface area contributed by atoms with Crippen molar-refractivity contribution in [3.05, 3.63) is 28.2 Å². The van der Waals surface area contributed by atoms with Gasteiger partial charge in [-0.3, -0.25) is 9.69 Å². The van der Waals surface area contributed by atoms with Gasteiger partial charge in [0, 0.05) is 50.9 Å². The van der Waals surface area contributed by atoms with Crippen molar-refractivity contribution >= 4 is 31.9 Å². The van der Waals surface area contributed by atoms with Crippen molar-refractivity contribution in [3.63, 3.8) is 0 Å². The molecule has 1 N–H and O–H groups in total. The second-order valence-electron chi connectivity index (χ2n) is 7.07. The molecular weight excluding hydrogens is 434 g/mol. The van der Waals surface area contributed by atoms with Crippen LogP contribution in [-0.2, 0) is 14.8 Å². The summed E-state index contributed by atoms with van der Waals surface area (Å²) in [6, 6.07) is 4.54. The summed E-state index contributed by atoms with van der Waals surface area (Å²) in [6.07, 6.45) is 2.65. The first-order valence-corrected chi connectivity index (χ1v) is 11.5. The fraction of sp³-hybridized carbons (Fsp3) is 0.611. The van der Waals surface area contributed by atoms with Gasteiger partial charge in [0.25, 0.3) is 5.91 Å². The van der Waals surface area contributed by atoms with Crippen molar-refractivity contribution in [2.24, 2.45) is 5.92 Å². The molecule has 1 saturated heterocycles. The molecule has 0 spiro atoms. The Labute approximate surface area is 169 Å². The van der Waals surface area contributed by atoms with Crippen LogP contribution in [0.1, 0.15) is 23.2 Å². The molecule has 0 aromatic heterocycles. The van der Waals surface area contributed by atoms with Gasteiger partial charge < -0.3 is 9.64 Å². The third-order valence-corrected chi connectivity index (χ3v) is 7.10. The minimum Gasteiger partial charge on any atom is -0.383 e. The van der Waals surface area contributed by atoms with Gasteiger partial charge in [-0.15, -0.1) is 0 Å². The first-order chi connectivity index (χ1) is 12.9. The minimum absolute atomic E-state index is 0.0810. The van der Waals surface area contributed by atoms with Gasteiger partial charge in [0.15, 0.2) is 0 Å². The molecule has 2 fully saturated rings. The molecule has 2 aliphatic rings. The number of hydrogen-bond acceptors (Lipinski definition) is 5. The SMILES string of the molecule is COCCNS(=O)(=O)c1ccc(Br)c(C(=O)N2CCN(CC3CC3)CC2)c1. The van der Waals surface area contributed by atoms with Crippen molar-refractivity contribution in [1.82, 2.24) is 14.5 Å². The average molecular weight is 460 g/mol. The molecule has 27 heavy (non-hydrogen) atoms. The molecule has 0 atom stereocenters. The Bertz CT molecular complexity index is 775. The predicted molar refractivity (Wildman–Crippen MR) is 106 cm³/mol. The van der Waals surface area contributed by atoms with E-state index in [-0.39, 0.29) is 24.0 Å². The van der Waals surface area contributed by atoms with E-state index in [1.165, 1.54) is 32.1 Å². The largest absolute Gasteiger partial charge is 0.383 e. The fourth-order valence-electron chi connectivity index (χ4n) is 3.17. The molecular formula is C18H26BrN3O4S. The van der Waals surface area contributed by atoms with Gasteiger partial charge in [0.2, 0.25) is 10.0 Å². The zero-order valence-electron chi connectivity index (χ0n) is 15.5. The van der Waals surface area contributed by atoms with Crippen molar-refractivity contribution in [1.29, 1.82) is 0 Å². The van der Waals surface area contributed by atoms with E-state index in [0.29, 0.717) is 23.1 Å². The monoisotopic (exact) mass is 459 g/mol. The summed E-state index contributed by atoms with van der Waals surface area (Å²) in [5.41, 5.74) is 0.375. The molecule has 3 rings (SSSR count). The van der Waals surface area contributed by atoms with E-state index in [0.717, 1.165) is 25.6 Å². The van der Waals surface area contributed by atoms with E-state index in [4.69, 9.17) is 4.74 Å². The Kier molecular flexibility index (Phi) is 6.91. The molecule has 1 aromatic carbocycles. The van der Waals surface area contributed by atoms with Crippen molar-refractivity contribution < 1.29 is 17.9 Å². The van der Waals surface area contributed by atoms with Crippen LogP contribution in [0.25, 0.3) is 0 Å². The molecule has 0 radical (unpaired) electrons. The van der Waals surface area contributed by atoms with E-state index in [9.17, 15) is 13.2 Å². The molecule has 150 valence electrons. The maximum atomic E-state index is 12.9. The smallest absolute Gasteiger partial charge is 0.255 e. The lowest BCUT2D eigenvalue weighted by Gasteiger charge is -2.35. The van der Waals surface area contributed by atoms with Gasteiger partial charge >= 0.3 is 0 Å². The van der Waals surface area contributed by atoms with E-state index < -0.39 is 10.0 Å². The highest BCUT2D eigenvalue weighted by Crippen LogP contribution is 2.30. The molecule has 1 aromatic rings. The Morgan fingerprint density at radius 1 is 1.26 bits per heavy atom. The summed E-state index contributed by atoms with van der Waals surface area (Å²) >= 11 is 3.39. The molecule has 1 aliphatic carbocycles. The Morgan fingerprint density at radius 3 is 2.59 bits per heavy atom. The second-order valence-corrected chi connectivity index (χ2v) is 9.69. The van der Waals surface area contributed by atoms with Crippen LogP contribution in [0.3, 0.4) is 0 Å². The summed E-state index contributed by atoms with van der Waals surface area (Å²) < 4.78 is 32.8. The summed E-state index contributed by atoms with van der Waals surface area (Å²) in [4.78, 5) is 17.2. The fourth-order valence-corrected chi connectivity index (χ4v) is 4.62. The standard InChI is InChI=1S/C18H26BrN3O4S/c1-26-11-6-20-27(24,25)15-4-5-17(19)16(12-15)18(23)22-9-7-21(8-10-22)13-14-2-3-14/h4-5,12,14,20H,2-3,6-11,13H2,1H3. The summed E-state index contributed by atoms with van der Waals surface area (Å²) in [5.74, 6) is 0.704. The zero-order chi connectivity index (χ0) is 19.4. The third-order valence-electron chi connectivity index (χ3n) is 4.95. The molecule has 1 heterocycles. The molecule has 1 aliphatic heterocycles. The van der Waals surface area contributed by atoms with Crippen LogP contribution in [-0.4, -0.2) is 77.1 Å². The van der Waals surface area contributed by atoms with Crippen molar-refractivity contribution in [2.45, 2.75) is 17.7 Å². The number of amides is 1. The highest BCUT2D eigenvalue weighted by atomic mass is 79.9. The number of methoxy groups -OCH3 is 1. The van der Waals surface area contributed by atoms with E-state index in [1.54, 1.807) is 11.0 Å². The first kappa shape index (κ1) is 20.7. The van der Waals surface area contributed by atoms with Gasteiger partial charge in [0.1, 0.15) is 0 Å². The van der Waals surface area contributed by atoms with Crippen LogP contribution in [0, 0.1) is 5.92 Å². The lowest BCUT2D eigenvalue weighted by molar-refractivity contribution is 0.0631. The summed E-state index contributed by atoms with van der Waals surface area (Å²) in [5, 5.41) is 0. The lowest BCUT2D eigenvalue weighted by Crippen LogP contribution is -2.49. The van der Waals surface area contributed by atoms with Crippen LogP contribution in [0.2, 0.25) is 0 Å². The predicted octanol–water partition coefficient (Wildman–Crippen LogP) is 1.54. The summed E-state index contributed by atoms with van der Waals surface area (Å²) in [7, 11) is -2.17. The number of sulfonamides is 1. The number of nitrogens with one attached hydrogen (secondary N) is 1. The highest BCUT2D eigenvalue weighted by Gasteiger charge is 2.29.